The second kappa shape index (κ2) is 6.95. The number of hydrogen-bond acceptors (Lipinski definition) is 6. The summed E-state index contributed by atoms with van der Waals surface area (Å²) in [7, 11) is -9.04. The van der Waals surface area contributed by atoms with Gasteiger partial charge in [-0.3, -0.25) is 0 Å². The minimum absolute atomic E-state index is 0.157. The zero-order valence-electron chi connectivity index (χ0n) is 10.1. The molecule has 8 heteroatoms. The quantitative estimate of drug-likeness (QED) is 0.618. The van der Waals surface area contributed by atoms with Gasteiger partial charge in [0.2, 0.25) is 0 Å². The summed E-state index contributed by atoms with van der Waals surface area (Å²) in [6.45, 7) is 0. The van der Waals surface area contributed by atoms with Gasteiger partial charge in [0.15, 0.2) is 0 Å². The van der Waals surface area contributed by atoms with Crippen LogP contribution in [0.25, 0.3) is 0 Å². The Hall–Kier alpha value is -1.26. The average molecular weight is 312 g/mol. The van der Waals surface area contributed by atoms with Crippen LogP contribution in [-0.4, -0.2) is 0 Å². The van der Waals surface area contributed by atoms with E-state index < -0.39 is 15.2 Å². The Kier molecular flexibility index (Phi) is 5.84. The number of hydrogen-bond donors (Lipinski definition) is 0. The molecule has 0 atom stereocenters. The van der Waals surface area contributed by atoms with Gasteiger partial charge >= 0.3 is 0 Å². The molecule has 0 unspecified atom stereocenters. The van der Waals surface area contributed by atoms with Gasteiger partial charge in [-0.2, -0.15) is 0 Å². The lowest BCUT2D eigenvalue weighted by atomic mass is 10.4. The molecule has 0 saturated heterocycles. The molecule has 20 heavy (non-hydrogen) atoms. The third kappa shape index (κ3) is 5.80. The SMILES string of the molecule is O=P([O-])([O-])c1ccccc1.O=P([O-])([O-])c1ccccc1. The van der Waals surface area contributed by atoms with E-state index in [-0.39, 0.29) is 10.6 Å². The fourth-order valence-electron chi connectivity index (χ4n) is 1.22. The first-order valence-electron chi connectivity index (χ1n) is 5.36. The monoisotopic (exact) mass is 312 g/mol. The predicted molar refractivity (Wildman–Crippen MR) is 67.4 cm³/mol. The Morgan fingerprint density at radius 2 is 0.800 bits per heavy atom. The van der Waals surface area contributed by atoms with Gasteiger partial charge in [-0.05, 0) is 25.8 Å². The van der Waals surface area contributed by atoms with Crippen molar-refractivity contribution in [2.45, 2.75) is 0 Å². The Bertz CT molecular complexity index is 559. The molecule has 0 aliphatic rings. The van der Waals surface area contributed by atoms with Crippen LogP contribution >= 0.6 is 15.2 Å². The minimum Gasteiger partial charge on any atom is -0.807 e. The summed E-state index contributed by atoms with van der Waals surface area (Å²) in [6, 6.07) is 14.5. The van der Waals surface area contributed by atoms with E-state index in [2.05, 4.69) is 0 Å². The molecular formula is C12H10O6P2-4. The van der Waals surface area contributed by atoms with Gasteiger partial charge in [-0.1, -0.05) is 60.7 Å². The van der Waals surface area contributed by atoms with E-state index in [9.17, 15) is 28.7 Å². The van der Waals surface area contributed by atoms with Gasteiger partial charge < -0.3 is 28.7 Å². The van der Waals surface area contributed by atoms with E-state index in [4.69, 9.17) is 0 Å². The summed E-state index contributed by atoms with van der Waals surface area (Å²) < 4.78 is 20.6. The maximum Gasteiger partial charge on any atom is -0.0157 e. The van der Waals surface area contributed by atoms with E-state index in [0.717, 1.165) is 0 Å². The van der Waals surface area contributed by atoms with E-state index in [1.807, 2.05) is 0 Å². The molecule has 0 amide bonds. The molecule has 0 aliphatic carbocycles. The van der Waals surface area contributed by atoms with Crippen LogP contribution in [0.5, 0.6) is 0 Å². The minimum atomic E-state index is -4.52. The molecule has 0 bridgehead atoms. The molecule has 0 fully saturated rings. The van der Waals surface area contributed by atoms with Crippen molar-refractivity contribution in [1.29, 1.82) is 0 Å². The van der Waals surface area contributed by atoms with Gasteiger partial charge in [0.1, 0.15) is 0 Å². The van der Waals surface area contributed by atoms with Crippen LogP contribution in [0.1, 0.15) is 0 Å². The fraction of sp³-hybridized carbons (Fsp3) is 0. The van der Waals surface area contributed by atoms with Crippen molar-refractivity contribution >= 4 is 25.8 Å². The molecule has 6 nitrogen and oxygen atoms in total. The van der Waals surface area contributed by atoms with Crippen molar-refractivity contribution in [1.82, 2.24) is 0 Å². The maximum absolute atomic E-state index is 10.3. The van der Waals surface area contributed by atoms with Crippen molar-refractivity contribution in [2.75, 3.05) is 0 Å². The van der Waals surface area contributed by atoms with Gasteiger partial charge in [0, 0.05) is 0 Å². The van der Waals surface area contributed by atoms with Crippen LogP contribution in [0.4, 0.5) is 0 Å². The van der Waals surface area contributed by atoms with Gasteiger partial charge in [-0.15, -0.1) is 0 Å². The molecule has 0 N–H and O–H groups in total. The molecule has 2 aromatic rings. The third-order valence-corrected chi connectivity index (χ3v) is 4.01. The lowest BCUT2D eigenvalue weighted by Gasteiger charge is -2.29. The lowest BCUT2D eigenvalue weighted by molar-refractivity contribution is -0.309. The Morgan fingerprint density at radius 1 is 0.550 bits per heavy atom. The van der Waals surface area contributed by atoms with Crippen molar-refractivity contribution in [3.63, 3.8) is 0 Å². The maximum atomic E-state index is 10.3. The van der Waals surface area contributed by atoms with Crippen molar-refractivity contribution in [3.05, 3.63) is 60.7 Å². The standard InChI is InChI=1S/2C6H7O3P/c2*7-10(8,9)6-4-2-1-3-5-6/h2*1-5H,(H2,7,8,9)/p-4. The second-order valence-electron chi connectivity index (χ2n) is 3.67. The van der Waals surface area contributed by atoms with Crippen LogP contribution in [-0.2, 0) is 9.13 Å². The van der Waals surface area contributed by atoms with Crippen LogP contribution in [0.15, 0.2) is 60.7 Å². The molecular weight excluding hydrogens is 302 g/mol. The molecule has 0 aromatic heterocycles. The molecule has 2 rings (SSSR count). The Balaban J connectivity index is 0.000000200. The first-order chi connectivity index (χ1) is 9.21. The van der Waals surface area contributed by atoms with Gasteiger partial charge in [0.25, 0.3) is 0 Å². The Morgan fingerprint density at radius 3 is 0.950 bits per heavy atom. The highest BCUT2D eigenvalue weighted by Crippen LogP contribution is 2.21. The molecule has 0 saturated carbocycles. The van der Waals surface area contributed by atoms with E-state index in [1.54, 1.807) is 12.1 Å². The summed E-state index contributed by atoms with van der Waals surface area (Å²) in [5, 5.41) is -0.315. The van der Waals surface area contributed by atoms with E-state index in [0.29, 0.717) is 0 Å². The fourth-order valence-corrected chi connectivity index (χ4v) is 2.30. The molecule has 0 radical (unpaired) electrons. The first kappa shape index (κ1) is 16.8. The smallest absolute Gasteiger partial charge is 0.0157 e. The summed E-state index contributed by atoms with van der Waals surface area (Å²) in [5.74, 6) is 0. The van der Waals surface area contributed by atoms with E-state index >= 15 is 0 Å². The topological polar surface area (TPSA) is 126 Å². The van der Waals surface area contributed by atoms with Crippen LogP contribution < -0.4 is 30.2 Å². The highest BCUT2D eigenvalue weighted by Gasteiger charge is 1.92. The molecule has 0 aliphatic heterocycles. The number of rotatable bonds is 2. The summed E-state index contributed by atoms with van der Waals surface area (Å²) in [4.78, 5) is 41.2. The predicted octanol–water partition coefficient (Wildman–Crippen LogP) is -1.55. The molecule has 0 heterocycles. The van der Waals surface area contributed by atoms with Gasteiger partial charge in [0.05, 0.1) is 0 Å². The largest absolute Gasteiger partial charge is 0.807 e. The Labute approximate surface area is 116 Å². The third-order valence-electron chi connectivity index (χ3n) is 2.14. The van der Waals surface area contributed by atoms with Crippen LogP contribution in [0.2, 0.25) is 0 Å². The molecule has 2 aromatic carbocycles. The van der Waals surface area contributed by atoms with E-state index in [1.165, 1.54) is 48.5 Å². The molecule has 0 spiro atoms. The zero-order chi connectivity index (χ0) is 15.2. The normalized spacial score (nSPS) is 11.4. The van der Waals surface area contributed by atoms with Crippen molar-refractivity contribution < 1.29 is 28.7 Å². The van der Waals surface area contributed by atoms with Gasteiger partial charge in [-0.25, -0.2) is 0 Å². The first-order valence-corrected chi connectivity index (χ1v) is 8.45. The summed E-state index contributed by atoms with van der Waals surface area (Å²) in [5.41, 5.74) is 0. The lowest BCUT2D eigenvalue weighted by Crippen LogP contribution is -2.24. The number of benzene rings is 2. The van der Waals surface area contributed by atoms with Crippen LogP contribution in [0, 0.1) is 0 Å². The second-order valence-corrected chi connectivity index (χ2v) is 6.69. The highest BCUT2D eigenvalue weighted by atomic mass is 31.2. The highest BCUT2D eigenvalue weighted by molar-refractivity contribution is 7.57. The summed E-state index contributed by atoms with van der Waals surface area (Å²) in [6.07, 6.45) is 0. The van der Waals surface area contributed by atoms with Crippen molar-refractivity contribution in [2.24, 2.45) is 0 Å². The molecule has 108 valence electrons. The van der Waals surface area contributed by atoms with Crippen LogP contribution in [0.3, 0.4) is 0 Å². The average Bonchev–Trinajstić information content (AvgIpc) is 2.40. The zero-order valence-corrected chi connectivity index (χ0v) is 11.9. The van der Waals surface area contributed by atoms with Crippen molar-refractivity contribution in [3.8, 4) is 0 Å². The summed E-state index contributed by atoms with van der Waals surface area (Å²) >= 11 is 0.